The number of rotatable bonds is 36. The number of hydrogen-bond donors (Lipinski definition) is 1. The van der Waals surface area contributed by atoms with Crippen LogP contribution in [0.25, 0.3) is 33.4 Å². The summed E-state index contributed by atoms with van der Waals surface area (Å²) >= 11 is 0. The molecule has 0 saturated carbocycles. The smallest absolute Gasteiger partial charge is 0.337 e. The fourth-order valence-corrected chi connectivity index (χ4v) is 13.3. The van der Waals surface area contributed by atoms with Crippen molar-refractivity contribution in [3.05, 3.63) is 180 Å². The number of aryl methyl sites for hydroxylation is 3. The summed E-state index contributed by atoms with van der Waals surface area (Å²) in [4.78, 5) is 56.9. The van der Waals surface area contributed by atoms with Crippen LogP contribution in [-0.4, -0.2) is 94.9 Å². The van der Waals surface area contributed by atoms with Crippen LogP contribution in [0.2, 0.25) is 0 Å². The molecule has 6 aromatic carbocycles. The molecule has 0 unspecified atom stereocenters. The fourth-order valence-electron chi connectivity index (χ4n) is 11.7. The first-order chi connectivity index (χ1) is 40.7. The van der Waals surface area contributed by atoms with Crippen molar-refractivity contribution in [1.29, 1.82) is 0 Å². The highest BCUT2D eigenvalue weighted by molar-refractivity contribution is 7.55. The Morgan fingerprint density at radius 1 is 0.313 bits per heavy atom. The van der Waals surface area contributed by atoms with Crippen molar-refractivity contribution >= 4 is 25.9 Å². The maximum Gasteiger partial charge on any atom is 0.573 e. The molecule has 3 fully saturated rings. The van der Waals surface area contributed by atoms with Crippen LogP contribution in [0, 0.1) is 0 Å². The minimum atomic E-state index is -3.84. The molecule has 0 spiro atoms. The van der Waals surface area contributed by atoms with E-state index in [0.29, 0.717) is 58.5 Å². The number of carbonyl (C=O) groups is 3. The van der Waals surface area contributed by atoms with Crippen LogP contribution in [-0.2, 0) is 47.2 Å². The van der Waals surface area contributed by atoms with E-state index in [2.05, 4.69) is 146 Å². The van der Waals surface area contributed by atoms with E-state index >= 15 is 0 Å². The average molecular weight is 1140 g/mol. The standard InChI is InChI=1S/C72H91N3O7P/c76-70(37-25-10-4-1-7-16-28-58-40-46-64(47-41-58)61-31-19-13-20-32-61)73-52-67(53-73)80-83(79,81-68-54-74(55-68)71(77)38-26-11-5-2-8-17-29-59-42-48-65(49-43-59)62-33-21-14-22-34-62)82-69-56-75(57-69)72(78)39-27-12-6-3-9-18-30-60-44-50-66(51-45-60)63-35-23-15-24-36-63/h13-15,19-24,31-36,40-51,67-69,79H,1-12,16-18,25-30,37-39,52-57H2/q+1. The van der Waals surface area contributed by atoms with Crippen molar-refractivity contribution < 1.29 is 32.8 Å². The van der Waals surface area contributed by atoms with Crippen molar-refractivity contribution in [3.8, 4) is 33.4 Å². The Bertz CT molecular complexity index is 2530. The largest absolute Gasteiger partial charge is 0.573 e. The van der Waals surface area contributed by atoms with E-state index in [1.54, 1.807) is 14.7 Å². The van der Waals surface area contributed by atoms with Crippen molar-refractivity contribution in [2.24, 2.45) is 0 Å². The van der Waals surface area contributed by atoms with Gasteiger partial charge in [0, 0.05) is 19.3 Å². The van der Waals surface area contributed by atoms with E-state index in [1.807, 2.05) is 18.2 Å². The molecule has 10 nitrogen and oxygen atoms in total. The molecule has 11 heteroatoms. The van der Waals surface area contributed by atoms with Crippen LogP contribution in [0.3, 0.4) is 0 Å². The second-order valence-electron chi connectivity index (χ2n) is 23.6. The van der Waals surface area contributed by atoms with E-state index in [-0.39, 0.29) is 17.7 Å². The van der Waals surface area contributed by atoms with Gasteiger partial charge in [0.05, 0.1) is 39.3 Å². The fraction of sp³-hybridized carbons (Fsp3) is 0.458. The molecule has 0 aromatic heterocycles. The summed E-state index contributed by atoms with van der Waals surface area (Å²) in [5, 5.41) is 0. The van der Waals surface area contributed by atoms with Gasteiger partial charge in [-0.3, -0.25) is 14.4 Å². The monoisotopic (exact) mass is 1140 g/mol. The van der Waals surface area contributed by atoms with Gasteiger partial charge in [-0.25, -0.2) is 0 Å². The third kappa shape index (κ3) is 20.1. The van der Waals surface area contributed by atoms with Crippen LogP contribution >= 0.6 is 8.17 Å². The number of nitrogens with zero attached hydrogens (tertiary/aromatic N) is 3. The Morgan fingerprint density at radius 3 is 0.783 bits per heavy atom. The lowest BCUT2D eigenvalue weighted by Crippen LogP contribution is -2.58. The van der Waals surface area contributed by atoms with E-state index < -0.39 is 26.5 Å². The normalized spacial score (nSPS) is 14.8. The first-order valence-electron chi connectivity index (χ1n) is 31.7. The predicted octanol–water partition coefficient (Wildman–Crippen LogP) is 16.3. The molecular formula is C72H91N3O7P+. The summed E-state index contributed by atoms with van der Waals surface area (Å²) in [6.07, 6.45) is 23.1. The molecule has 3 saturated heterocycles. The lowest BCUT2D eigenvalue weighted by atomic mass is 10.0. The number of hydrogen-bond acceptors (Lipinski definition) is 7. The Balaban J connectivity index is 0.636. The third-order valence-corrected chi connectivity index (χ3v) is 18.6. The quantitative estimate of drug-likeness (QED) is 0.0308. The first-order valence-corrected chi connectivity index (χ1v) is 33.1. The second kappa shape index (κ2) is 32.9. The van der Waals surface area contributed by atoms with Gasteiger partial charge in [-0.15, -0.1) is 13.6 Å². The Morgan fingerprint density at radius 2 is 0.530 bits per heavy atom. The van der Waals surface area contributed by atoms with Gasteiger partial charge in [0.2, 0.25) is 17.7 Å². The molecule has 440 valence electrons. The number of likely N-dealkylation sites (tertiary alicyclic amines) is 3. The van der Waals surface area contributed by atoms with Crippen molar-refractivity contribution in [3.63, 3.8) is 0 Å². The summed E-state index contributed by atoms with van der Waals surface area (Å²) in [6, 6.07) is 58.3. The van der Waals surface area contributed by atoms with Crippen molar-refractivity contribution in [2.75, 3.05) is 39.3 Å². The second-order valence-corrected chi connectivity index (χ2v) is 25.2. The summed E-state index contributed by atoms with van der Waals surface area (Å²) in [5.74, 6) is 0.322. The Labute approximate surface area is 496 Å². The SMILES string of the molecule is O=C(CCCCCCCCc1ccc(-c2ccccc2)cc1)N1CC(O[P+](O)(OC2CN(C(=O)CCCCCCCCc3ccc(-c4ccccc4)cc3)C2)OC2CN(C(=O)CCCCCCCCc3ccc(-c4ccccc4)cc3)C2)C1. The van der Waals surface area contributed by atoms with Crippen molar-refractivity contribution in [1.82, 2.24) is 14.7 Å². The molecule has 0 aliphatic carbocycles. The molecular weight excluding hydrogens is 1050 g/mol. The predicted molar refractivity (Wildman–Crippen MR) is 337 cm³/mol. The average Bonchev–Trinajstić information content (AvgIpc) is 3.60. The number of amides is 3. The minimum absolute atomic E-state index is 0.107. The lowest BCUT2D eigenvalue weighted by Gasteiger charge is -2.42. The van der Waals surface area contributed by atoms with E-state index in [9.17, 15) is 19.3 Å². The highest BCUT2D eigenvalue weighted by Crippen LogP contribution is 2.62. The highest BCUT2D eigenvalue weighted by atomic mass is 31.2. The number of unbranched alkanes of at least 4 members (excludes halogenated alkanes) is 15. The maximum atomic E-state index is 13.2. The number of carbonyl (C=O) groups excluding carboxylic acids is 3. The number of benzene rings is 6. The molecule has 6 aromatic rings. The molecule has 0 bridgehead atoms. The highest BCUT2D eigenvalue weighted by Gasteiger charge is 2.57. The van der Waals surface area contributed by atoms with Gasteiger partial charge in [0.25, 0.3) is 0 Å². The molecule has 3 aliphatic rings. The summed E-state index contributed by atoms with van der Waals surface area (Å²) in [5.41, 5.74) is 11.6. The van der Waals surface area contributed by atoms with Crippen LogP contribution in [0.1, 0.15) is 152 Å². The summed E-state index contributed by atoms with van der Waals surface area (Å²) < 4.78 is 18.8. The minimum Gasteiger partial charge on any atom is -0.337 e. The summed E-state index contributed by atoms with van der Waals surface area (Å²) in [7, 11) is -3.84. The zero-order valence-corrected chi connectivity index (χ0v) is 50.1. The molecule has 1 N–H and O–H groups in total. The molecule has 3 aliphatic heterocycles. The zero-order chi connectivity index (χ0) is 57.3. The van der Waals surface area contributed by atoms with Gasteiger partial charge in [0.15, 0.2) is 0 Å². The Hall–Kier alpha value is -6.00. The first kappa shape index (κ1) is 61.6. The molecule has 3 amide bonds. The lowest BCUT2D eigenvalue weighted by molar-refractivity contribution is -0.149. The van der Waals surface area contributed by atoms with Gasteiger partial charge < -0.3 is 14.7 Å². The van der Waals surface area contributed by atoms with E-state index in [4.69, 9.17) is 13.6 Å². The molecule has 3 heterocycles. The van der Waals surface area contributed by atoms with Gasteiger partial charge in [-0.1, -0.05) is 241 Å². The van der Waals surface area contributed by atoms with E-state index in [0.717, 1.165) is 77.0 Å². The van der Waals surface area contributed by atoms with Gasteiger partial charge in [0.1, 0.15) is 18.3 Å². The van der Waals surface area contributed by atoms with Crippen LogP contribution in [0.15, 0.2) is 164 Å². The van der Waals surface area contributed by atoms with Crippen molar-refractivity contribution in [2.45, 2.75) is 172 Å². The zero-order valence-electron chi connectivity index (χ0n) is 49.2. The Kier molecular flexibility index (Phi) is 24.4. The van der Waals surface area contributed by atoms with Crippen LogP contribution < -0.4 is 0 Å². The third-order valence-electron chi connectivity index (χ3n) is 17.0. The van der Waals surface area contributed by atoms with Gasteiger partial charge >= 0.3 is 8.17 Å². The summed E-state index contributed by atoms with van der Waals surface area (Å²) in [6.45, 7) is 2.23. The van der Waals surface area contributed by atoms with Gasteiger partial charge in [-0.2, -0.15) is 4.89 Å². The van der Waals surface area contributed by atoms with Crippen LogP contribution in [0.4, 0.5) is 0 Å². The maximum absolute atomic E-state index is 13.2. The van der Waals surface area contributed by atoms with Gasteiger partial charge in [-0.05, 0) is 108 Å². The topological polar surface area (TPSA) is 109 Å². The molecule has 0 radical (unpaired) electrons. The van der Waals surface area contributed by atoms with Crippen LogP contribution in [0.5, 0.6) is 0 Å². The molecule has 9 rings (SSSR count). The molecule has 0 atom stereocenters. The molecule has 83 heavy (non-hydrogen) atoms. The van der Waals surface area contributed by atoms with E-state index in [1.165, 1.54) is 108 Å².